The minimum Gasteiger partial charge on any atom is -0.465 e. The van der Waals surface area contributed by atoms with Crippen LogP contribution in [0.1, 0.15) is 15.9 Å². The molecule has 0 radical (unpaired) electrons. The van der Waals surface area contributed by atoms with Crippen molar-refractivity contribution in [3.05, 3.63) is 29.1 Å². The fourth-order valence-electron chi connectivity index (χ4n) is 1.36. The zero-order valence-electron chi connectivity index (χ0n) is 9.78. The molecule has 18 heavy (non-hydrogen) atoms. The van der Waals surface area contributed by atoms with E-state index in [1.54, 1.807) is 0 Å². The second-order valence-electron chi connectivity index (χ2n) is 3.28. The number of amides is 2. The number of urea groups is 1. The number of nitrogens with one attached hydrogen (secondary N) is 2. The molecule has 0 bridgehead atoms. The van der Waals surface area contributed by atoms with Gasteiger partial charge in [0.25, 0.3) is 0 Å². The SMILES string of the molecule is COC(=O)c1c(NC(=O)/[NH+]=N\N)ccc(F)c1C. The van der Waals surface area contributed by atoms with Gasteiger partial charge in [-0.1, -0.05) is 0 Å². The number of hydrogen-bond acceptors (Lipinski definition) is 4. The van der Waals surface area contributed by atoms with Gasteiger partial charge < -0.3 is 4.74 Å². The van der Waals surface area contributed by atoms with Crippen LogP contribution in [-0.4, -0.2) is 19.1 Å². The lowest BCUT2D eigenvalue weighted by Gasteiger charge is -2.08. The Morgan fingerprint density at radius 1 is 1.50 bits per heavy atom. The highest BCUT2D eigenvalue weighted by Crippen LogP contribution is 2.22. The monoisotopic (exact) mass is 255 g/mol. The summed E-state index contributed by atoms with van der Waals surface area (Å²) in [6.45, 7) is 1.40. The van der Waals surface area contributed by atoms with Gasteiger partial charge in [-0.25, -0.2) is 25.1 Å². The number of carbonyl (C=O) groups excluding carboxylic acids is 2. The summed E-state index contributed by atoms with van der Waals surface area (Å²) < 4.78 is 17.9. The maximum absolute atomic E-state index is 13.4. The standard InChI is InChI=1S/C10H11FN4O3/c1-5-6(11)3-4-7(8(5)9(16)18-2)13-10(17)14-15-12/h3-4H,1-2H3,(H3,12,13,14,17)/p+1. The van der Waals surface area contributed by atoms with Gasteiger partial charge in [-0.2, -0.15) is 0 Å². The van der Waals surface area contributed by atoms with Crippen LogP contribution < -0.4 is 16.3 Å². The van der Waals surface area contributed by atoms with E-state index >= 15 is 0 Å². The van der Waals surface area contributed by atoms with Crippen molar-refractivity contribution in [2.24, 2.45) is 11.1 Å². The van der Waals surface area contributed by atoms with Crippen molar-refractivity contribution in [3.8, 4) is 0 Å². The number of hydrogen-bond donors (Lipinski definition) is 3. The number of rotatable bonds is 2. The molecule has 0 heterocycles. The Bertz CT molecular complexity index is 516. The van der Waals surface area contributed by atoms with E-state index in [0.717, 1.165) is 13.2 Å². The lowest BCUT2D eigenvalue weighted by molar-refractivity contribution is -0.423. The molecule has 0 aliphatic carbocycles. The van der Waals surface area contributed by atoms with Crippen molar-refractivity contribution >= 4 is 17.7 Å². The predicted molar refractivity (Wildman–Crippen MR) is 59.1 cm³/mol. The molecule has 2 amide bonds. The van der Waals surface area contributed by atoms with Crippen LogP contribution in [-0.2, 0) is 4.74 Å². The van der Waals surface area contributed by atoms with Gasteiger partial charge in [0.1, 0.15) is 17.1 Å². The van der Waals surface area contributed by atoms with E-state index in [-0.39, 0.29) is 16.8 Å². The first kappa shape index (κ1) is 13.6. The maximum Gasteiger partial charge on any atom is 0.457 e. The second-order valence-corrected chi connectivity index (χ2v) is 3.28. The number of benzene rings is 1. The molecule has 0 atom stereocenters. The Kier molecular flexibility index (Phi) is 4.30. The second kappa shape index (κ2) is 5.71. The molecule has 0 unspecified atom stereocenters. The van der Waals surface area contributed by atoms with Crippen molar-refractivity contribution in [2.45, 2.75) is 6.92 Å². The number of esters is 1. The molecule has 1 aromatic carbocycles. The van der Waals surface area contributed by atoms with Crippen molar-refractivity contribution in [2.75, 3.05) is 12.4 Å². The first-order valence-electron chi connectivity index (χ1n) is 4.85. The van der Waals surface area contributed by atoms with Crippen LogP contribution >= 0.6 is 0 Å². The van der Waals surface area contributed by atoms with Gasteiger partial charge in [0, 0.05) is 10.8 Å². The quantitative estimate of drug-likeness (QED) is 0.296. The Labute approximate surface area is 102 Å². The molecule has 96 valence electrons. The number of nitrogens with zero attached hydrogens (tertiary/aromatic N) is 1. The van der Waals surface area contributed by atoms with Crippen molar-refractivity contribution in [3.63, 3.8) is 0 Å². The first-order chi connectivity index (χ1) is 8.51. The fourth-order valence-corrected chi connectivity index (χ4v) is 1.36. The van der Waals surface area contributed by atoms with Gasteiger partial charge in [0.2, 0.25) is 0 Å². The smallest absolute Gasteiger partial charge is 0.457 e. The van der Waals surface area contributed by atoms with E-state index in [1.807, 2.05) is 5.11 Å². The molecule has 0 fully saturated rings. The van der Waals surface area contributed by atoms with Crippen LogP contribution in [0.3, 0.4) is 0 Å². The first-order valence-corrected chi connectivity index (χ1v) is 4.85. The van der Waals surface area contributed by atoms with Gasteiger partial charge >= 0.3 is 12.0 Å². The van der Waals surface area contributed by atoms with Crippen LogP contribution in [0.2, 0.25) is 0 Å². The van der Waals surface area contributed by atoms with Gasteiger partial charge in [0.05, 0.1) is 7.11 Å². The number of anilines is 1. The minimum absolute atomic E-state index is 0.0651. The molecular formula is C10H12FN4O3+. The van der Waals surface area contributed by atoms with E-state index in [4.69, 9.17) is 5.84 Å². The van der Waals surface area contributed by atoms with Crippen LogP contribution in [0.4, 0.5) is 14.9 Å². The summed E-state index contributed by atoms with van der Waals surface area (Å²) in [4.78, 5) is 22.8. The predicted octanol–water partition coefficient (Wildman–Crippen LogP) is -0.141. The topological polar surface area (TPSA) is 108 Å². The van der Waals surface area contributed by atoms with E-state index < -0.39 is 17.8 Å². The molecule has 0 saturated carbocycles. The summed E-state index contributed by atoms with van der Waals surface area (Å²) in [5, 5.41) is 7.14. The van der Waals surface area contributed by atoms with Gasteiger partial charge in [-0.05, 0) is 19.1 Å². The van der Waals surface area contributed by atoms with Crippen LogP contribution in [0, 0.1) is 12.7 Å². The van der Waals surface area contributed by atoms with Gasteiger partial charge in [-0.15, -0.1) is 5.11 Å². The molecular weight excluding hydrogens is 243 g/mol. The third-order valence-corrected chi connectivity index (χ3v) is 2.20. The lowest BCUT2D eigenvalue weighted by atomic mass is 10.1. The molecule has 0 aliphatic heterocycles. The highest BCUT2D eigenvalue weighted by Gasteiger charge is 2.21. The van der Waals surface area contributed by atoms with E-state index in [2.05, 4.69) is 15.3 Å². The molecule has 0 aliphatic rings. The van der Waals surface area contributed by atoms with Crippen LogP contribution in [0.25, 0.3) is 0 Å². The molecule has 0 saturated heterocycles. The highest BCUT2D eigenvalue weighted by molar-refractivity contribution is 6.00. The normalized spacial score (nSPS) is 10.4. The summed E-state index contributed by atoms with van der Waals surface area (Å²) in [6, 6.07) is 1.61. The highest BCUT2D eigenvalue weighted by atomic mass is 19.1. The minimum atomic E-state index is -0.757. The maximum atomic E-state index is 13.4. The molecule has 1 rings (SSSR count). The number of ether oxygens (including phenoxy) is 1. The average Bonchev–Trinajstić information content (AvgIpc) is 2.33. The van der Waals surface area contributed by atoms with Crippen molar-refractivity contribution < 1.29 is 23.8 Å². The third kappa shape index (κ3) is 2.78. The lowest BCUT2D eigenvalue weighted by Crippen LogP contribution is -2.73. The van der Waals surface area contributed by atoms with Gasteiger partial charge in [0.15, 0.2) is 0 Å². The van der Waals surface area contributed by atoms with Gasteiger partial charge in [-0.3, -0.25) is 0 Å². The summed E-state index contributed by atoms with van der Waals surface area (Å²) in [5.41, 5.74) is 0.107. The van der Waals surface area contributed by atoms with Crippen molar-refractivity contribution in [1.82, 2.24) is 0 Å². The molecule has 0 aromatic heterocycles. The van der Waals surface area contributed by atoms with E-state index in [0.29, 0.717) is 0 Å². The number of halogens is 1. The number of nitrogens with two attached hydrogens (primary N) is 1. The molecule has 4 N–H and O–H groups in total. The number of methoxy groups -OCH3 is 1. The van der Waals surface area contributed by atoms with Crippen LogP contribution in [0.5, 0.6) is 0 Å². The number of carbonyl (C=O) groups is 2. The van der Waals surface area contributed by atoms with E-state index in [9.17, 15) is 14.0 Å². The Balaban J connectivity index is 3.23. The van der Waals surface area contributed by atoms with Crippen LogP contribution in [0.15, 0.2) is 17.4 Å². The summed E-state index contributed by atoms with van der Waals surface area (Å²) in [6.07, 6.45) is 0. The molecule has 0 spiro atoms. The Morgan fingerprint density at radius 3 is 2.72 bits per heavy atom. The Hall–Kier alpha value is -2.51. The molecule has 7 nitrogen and oxygen atoms in total. The largest absolute Gasteiger partial charge is 0.465 e. The average molecular weight is 255 g/mol. The van der Waals surface area contributed by atoms with E-state index in [1.165, 1.54) is 13.0 Å². The third-order valence-electron chi connectivity index (χ3n) is 2.20. The zero-order valence-corrected chi connectivity index (χ0v) is 9.78. The molecule has 8 heteroatoms. The molecule has 1 aromatic rings. The fraction of sp³-hybridized carbons (Fsp3) is 0.200. The summed E-state index contributed by atoms with van der Waals surface area (Å²) in [5.74, 6) is 3.43. The summed E-state index contributed by atoms with van der Waals surface area (Å²) in [7, 11) is 1.16. The Morgan fingerprint density at radius 2 is 2.17 bits per heavy atom. The summed E-state index contributed by atoms with van der Waals surface area (Å²) >= 11 is 0. The zero-order chi connectivity index (χ0) is 13.7. The van der Waals surface area contributed by atoms with Crippen molar-refractivity contribution in [1.29, 1.82) is 0 Å².